The van der Waals surface area contributed by atoms with Crippen molar-refractivity contribution in [1.29, 1.82) is 0 Å². The number of aliphatic hydroxyl groups excluding tert-OH is 1. The molecule has 106 valence electrons. The molecule has 1 N–H and O–H groups in total. The molecule has 1 aromatic rings. The van der Waals surface area contributed by atoms with E-state index in [9.17, 15) is 9.50 Å². The molecule has 1 aromatic carbocycles. The summed E-state index contributed by atoms with van der Waals surface area (Å²) in [6, 6.07) is 4.07. The molecule has 1 aliphatic rings. The van der Waals surface area contributed by atoms with Crippen molar-refractivity contribution < 1.29 is 14.2 Å². The van der Waals surface area contributed by atoms with Gasteiger partial charge in [-0.15, -0.1) is 0 Å². The van der Waals surface area contributed by atoms with Gasteiger partial charge >= 0.3 is 0 Å². The van der Waals surface area contributed by atoms with Gasteiger partial charge in [-0.05, 0) is 49.8 Å². The van der Waals surface area contributed by atoms with Crippen LogP contribution in [0, 0.1) is 11.7 Å². The average Bonchev–Trinajstić information content (AvgIpc) is 2.42. The molecule has 1 fully saturated rings. The molecule has 1 aliphatic carbocycles. The maximum Gasteiger partial charge on any atom is 0.123 e. The van der Waals surface area contributed by atoms with Crippen molar-refractivity contribution in [3.05, 3.63) is 34.6 Å². The van der Waals surface area contributed by atoms with Gasteiger partial charge in [0.1, 0.15) is 11.9 Å². The van der Waals surface area contributed by atoms with Crippen LogP contribution < -0.4 is 0 Å². The van der Waals surface area contributed by atoms with Gasteiger partial charge < -0.3 is 9.84 Å². The van der Waals surface area contributed by atoms with E-state index in [0.29, 0.717) is 16.5 Å². The minimum absolute atomic E-state index is 0.379. The molecule has 0 saturated heterocycles. The molecule has 1 atom stereocenters. The summed E-state index contributed by atoms with van der Waals surface area (Å²) in [5, 5.41) is 11.0. The van der Waals surface area contributed by atoms with Crippen LogP contribution in [0.5, 0.6) is 0 Å². The van der Waals surface area contributed by atoms with Crippen molar-refractivity contribution in [3.8, 4) is 0 Å². The second-order valence-electron chi connectivity index (χ2n) is 5.52. The minimum Gasteiger partial charge on any atom is -0.385 e. The van der Waals surface area contributed by atoms with Gasteiger partial charge in [0.05, 0.1) is 5.60 Å². The van der Waals surface area contributed by atoms with Crippen molar-refractivity contribution in [2.45, 2.75) is 44.3 Å². The smallest absolute Gasteiger partial charge is 0.123 e. The molecular formula is C15H20ClFO2. The third-order valence-corrected chi connectivity index (χ3v) is 4.62. The number of aliphatic hydroxyl groups is 1. The first kappa shape index (κ1) is 14.8. The monoisotopic (exact) mass is 286 g/mol. The van der Waals surface area contributed by atoms with Crippen LogP contribution >= 0.6 is 11.6 Å². The van der Waals surface area contributed by atoms with Crippen molar-refractivity contribution in [1.82, 2.24) is 0 Å². The van der Waals surface area contributed by atoms with Gasteiger partial charge in [0.2, 0.25) is 0 Å². The molecule has 0 amide bonds. The molecule has 0 spiro atoms. The van der Waals surface area contributed by atoms with Gasteiger partial charge in [-0.3, -0.25) is 0 Å². The molecule has 4 heteroatoms. The Labute approximate surface area is 118 Å². The first-order chi connectivity index (χ1) is 8.98. The van der Waals surface area contributed by atoms with Gasteiger partial charge in [0.15, 0.2) is 0 Å². The maximum absolute atomic E-state index is 13.4. The SMILES string of the molecule is COC1(C(O)c2cc(F)ccc2Cl)CCC(C)CC1. The highest BCUT2D eigenvalue weighted by atomic mass is 35.5. The normalized spacial score (nSPS) is 29.2. The van der Waals surface area contributed by atoms with Crippen LogP contribution in [0.15, 0.2) is 18.2 Å². The lowest BCUT2D eigenvalue weighted by molar-refractivity contribution is -0.130. The van der Waals surface area contributed by atoms with Crippen LogP contribution in [0.1, 0.15) is 44.3 Å². The Kier molecular flexibility index (Phi) is 4.49. The largest absolute Gasteiger partial charge is 0.385 e. The van der Waals surface area contributed by atoms with E-state index < -0.39 is 17.5 Å². The molecule has 2 nitrogen and oxygen atoms in total. The van der Waals surface area contributed by atoms with Crippen LogP contribution in [0.2, 0.25) is 5.02 Å². The second kappa shape index (κ2) is 5.78. The Morgan fingerprint density at radius 2 is 2.05 bits per heavy atom. The molecule has 0 bridgehead atoms. The lowest BCUT2D eigenvalue weighted by Gasteiger charge is -2.42. The van der Waals surface area contributed by atoms with Crippen molar-refractivity contribution >= 4 is 11.6 Å². The Bertz CT molecular complexity index is 442. The summed E-state index contributed by atoms with van der Waals surface area (Å²) in [4.78, 5) is 0. The van der Waals surface area contributed by atoms with Crippen LogP contribution in [-0.2, 0) is 4.74 Å². The van der Waals surface area contributed by atoms with Crippen molar-refractivity contribution in [3.63, 3.8) is 0 Å². The quantitative estimate of drug-likeness (QED) is 0.906. The van der Waals surface area contributed by atoms with Crippen LogP contribution in [0.3, 0.4) is 0 Å². The lowest BCUT2D eigenvalue weighted by atomic mass is 9.74. The highest BCUT2D eigenvalue weighted by Gasteiger charge is 2.42. The van der Waals surface area contributed by atoms with Gasteiger partial charge in [0, 0.05) is 17.7 Å². The maximum atomic E-state index is 13.4. The van der Waals surface area contributed by atoms with E-state index in [-0.39, 0.29) is 0 Å². The predicted molar refractivity (Wildman–Crippen MR) is 73.7 cm³/mol. The highest BCUT2D eigenvalue weighted by Crippen LogP contribution is 2.44. The Hall–Kier alpha value is -0.640. The zero-order valence-corrected chi connectivity index (χ0v) is 12.1. The Balaban J connectivity index is 2.30. The molecule has 0 radical (unpaired) electrons. The molecule has 0 aliphatic heterocycles. The van der Waals surface area contributed by atoms with E-state index in [4.69, 9.17) is 16.3 Å². The van der Waals surface area contributed by atoms with Gasteiger partial charge in [-0.2, -0.15) is 0 Å². The summed E-state index contributed by atoms with van der Waals surface area (Å²) in [6.45, 7) is 2.20. The molecule has 2 rings (SSSR count). The van der Waals surface area contributed by atoms with Crippen molar-refractivity contribution in [2.24, 2.45) is 5.92 Å². The van der Waals surface area contributed by atoms with E-state index >= 15 is 0 Å². The van der Waals surface area contributed by atoms with Gasteiger partial charge in [-0.25, -0.2) is 4.39 Å². The Morgan fingerprint density at radius 3 is 2.63 bits per heavy atom. The standard InChI is InChI=1S/C15H20ClFO2/c1-10-5-7-15(19-2,8-6-10)14(18)12-9-11(17)3-4-13(12)16/h3-4,9-10,14,18H,5-8H2,1-2H3. The van der Waals surface area contributed by atoms with Crippen LogP contribution in [0.4, 0.5) is 4.39 Å². The first-order valence-corrected chi connectivity index (χ1v) is 7.04. The Morgan fingerprint density at radius 1 is 1.42 bits per heavy atom. The summed E-state index contributed by atoms with van der Waals surface area (Å²) in [6.07, 6.45) is 2.63. The second-order valence-corrected chi connectivity index (χ2v) is 5.93. The van der Waals surface area contributed by atoms with Crippen LogP contribution in [0.25, 0.3) is 0 Å². The van der Waals surface area contributed by atoms with Gasteiger partial charge in [0.25, 0.3) is 0 Å². The lowest BCUT2D eigenvalue weighted by Crippen LogP contribution is -2.42. The molecule has 1 saturated carbocycles. The van der Waals surface area contributed by atoms with Crippen molar-refractivity contribution in [2.75, 3.05) is 7.11 Å². The number of methoxy groups -OCH3 is 1. The predicted octanol–water partition coefficient (Wildman–Crippen LogP) is 4.11. The van der Waals surface area contributed by atoms with E-state index in [1.807, 2.05) is 0 Å². The third kappa shape index (κ3) is 2.93. The fourth-order valence-corrected chi connectivity index (χ4v) is 3.07. The number of benzene rings is 1. The molecule has 0 heterocycles. The van der Waals surface area contributed by atoms with E-state index in [2.05, 4.69) is 6.92 Å². The number of hydrogen-bond acceptors (Lipinski definition) is 2. The number of hydrogen-bond donors (Lipinski definition) is 1. The number of rotatable bonds is 3. The molecule has 19 heavy (non-hydrogen) atoms. The third-order valence-electron chi connectivity index (χ3n) is 4.28. The zero-order chi connectivity index (χ0) is 14.0. The zero-order valence-electron chi connectivity index (χ0n) is 11.3. The number of halogens is 2. The fraction of sp³-hybridized carbons (Fsp3) is 0.600. The summed E-state index contributed by atoms with van der Waals surface area (Å²) in [5.41, 5.74) is -0.234. The summed E-state index contributed by atoms with van der Waals surface area (Å²) < 4.78 is 19.0. The summed E-state index contributed by atoms with van der Waals surface area (Å²) in [7, 11) is 1.60. The molecular weight excluding hydrogens is 267 g/mol. The average molecular weight is 287 g/mol. The summed E-state index contributed by atoms with van der Waals surface area (Å²) >= 11 is 6.08. The molecule has 0 aromatic heterocycles. The van der Waals surface area contributed by atoms with E-state index in [1.165, 1.54) is 18.2 Å². The van der Waals surface area contributed by atoms with E-state index in [1.54, 1.807) is 7.11 Å². The highest BCUT2D eigenvalue weighted by molar-refractivity contribution is 6.31. The van der Waals surface area contributed by atoms with E-state index in [0.717, 1.165) is 25.7 Å². The molecule has 1 unspecified atom stereocenters. The fourth-order valence-electron chi connectivity index (χ4n) is 2.85. The summed E-state index contributed by atoms with van der Waals surface area (Å²) in [5.74, 6) is 0.243. The first-order valence-electron chi connectivity index (χ1n) is 6.66. The topological polar surface area (TPSA) is 29.5 Å². The van der Waals surface area contributed by atoms with Gasteiger partial charge in [-0.1, -0.05) is 18.5 Å². The minimum atomic E-state index is -0.895. The number of ether oxygens (including phenoxy) is 1. The van der Waals surface area contributed by atoms with Crippen LogP contribution in [-0.4, -0.2) is 17.8 Å².